The van der Waals surface area contributed by atoms with Gasteiger partial charge in [0, 0.05) is 25.5 Å². The van der Waals surface area contributed by atoms with E-state index in [1.54, 1.807) is 12.1 Å². The van der Waals surface area contributed by atoms with Crippen molar-refractivity contribution in [2.75, 3.05) is 19.0 Å². The molecule has 3 nitrogen and oxygen atoms in total. The predicted octanol–water partition coefficient (Wildman–Crippen LogP) is 2.01. The highest BCUT2D eigenvalue weighted by Gasteiger charge is 2.00. The van der Waals surface area contributed by atoms with Crippen LogP contribution in [-0.2, 0) is 0 Å². The molecule has 0 aliphatic heterocycles. The summed E-state index contributed by atoms with van der Waals surface area (Å²) in [6.45, 7) is 0. The van der Waals surface area contributed by atoms with Crippen molar-refractivity contribution < 1.29 is 5.11 Å². The first kappa shape index (κ1) is 8.81. The van der Waals surface area contributed by atoms with E-state index in [-0.39, 0.29) is 5.75 Å². The van der Waals surface area contributed by atoms with Gasteiger partial charge in [0.25, 0.3) is 0 Å². The second-order valence-corrected chi connectivity index (χ2v) is 3.44. The lowest BCUT2D eigenvalue weighted by molar-refractivity contribution is 0.476. The van der Waals surface area contributed by atoms with Crippen LogP contribution in [0.4, 0.5) is 5.82 Å². The normalized spacial score (nSPS) is 10.4. The number of aromatic hydroxyl groups is 1. The highest BCUT2D eigenvalue weighted by atomic mass is 16.3. The van der Waals surface area contributed by atoms with Gasteiger partial charge in [0.15, 0.2) is 0 Å². The monoisotopic (exact) mass is 188 g/mol. The molecule has 0 radical (unpaired) electrons. The molecule has 1 aromatic carbocycles. The van der Waals surface area contributed by atoms with Gasteiger partial charge in [-0.05, 0) is 24.3 Å². The summed E-state index contributed by atoms with van der Waals surface area (Å²) in [4.78, 5) is 6.34. The van der Waals surface area contributed by atoms with Crippen molar-refractivity contribution >= 4 is 16.7 Å². The van der Waals surface area contributed by atoms with Crippen LogP contribution in [-0.4, -0.2) is 24.2 Å². The summed E-state index contributed by atoms with van der Waals surface area (Å²) in [5, 5.41) is 10.3. The number of phenolic OH excluding ortho intramolecular Hbond substituents is 1. The molecule has 72 valence electrons. The van der Waals surface area contributed by atoms with Crippen LogP contribution in [0, 0.1) is 0 Å². The van der Waals surface area contributed by atoms with Crippen LogP contribution in [0.5, 0.6) is 5.75 Å². The standard InChI is InChI=1S/C11H12N2O/c1-13(2)11-6-4-8-3-5-9(14)7-10(8)12-11/h3-7,14H,1-2H3. The smallest absolute Gasteiger partial charge is 0.128 e. The minimum Gasteiger partial charge on any atom is -0.508 e. The van der Waals surface area contributed by atoms with Gasteiger partial charge in [-0.25, -0.2) is 4.98 Å². The molecule has 14 heavy (non-hydrogen) atoms. The van der Waals surface area contributed by atoms with E-state index in [0.29, 0.717) is 0 Å². The number of benzene rings is 1. The molecule has 1 N–H and O–H groups in total. The first-order chi connectivity index (χ1) is 6.66. The third-order valence-electron chi connectivity index (χ3n) is 2.12. The van der Waals surface area contributed by atoms with E-state index in [0.717, 1.165) is 16.7 Å². The maximum absolute atomic E-state index is 9.31. The zero-order chi connectivity index (χ0) is 10.1. The number of rotatable bonds is 1. The van der Waals surface area contributed by atoms with E-state index in [1.165, 1.54) is 0 Å². The zero-order valence-electron chi connectivity index (χ0n) is 8.23. The van der Waals surface area contributed by atoms with Gasteiger partial charge in [0.2, 0.25) is 0 Å². The lowest BCUT2D eigenvalue weighted by Gasteiger charge is -2.11. The molecule has 0 spiro atoms. The average Bonchev–Trinajstić information content (AvgIpc) is 2.16. The number of fused-ring (bicyclic) bond motifs is 1. The number of hydrogen-bond acceptors (Lipinski definition) is 3. The summed E-state index contributed by atoms with van der Waals surface area (Å²) >= 11 is 0. The van der Waals surface area contributed by atoms with E-state index in [1.807, 2.05) is 37.2 Å². The number of nitrogens with zero attached hydrogens (tertiary/aromatic N) is 2. The Kier molecular flexibility index (Phi) is 2.00. The van der Waals surface area contributed by atoms with Crippen LogP contribution in [0.3, 0.4) is 0 Å². The minimum atomic E-state index is 0.251. The number of phenols is 1. The van der Waals surface area contributed by atoms with Crippen molar-refractivity contribution in [1.29, 1.82) is 0 Å². The Hall–Kier alpha value is -1.77. The van der Waals surface area contributed by atoms with Gasteiger partial charge in [-0.1, -0.05) is 0 Å². The van der Waals surface area contributed by atoms with Crippen molar-refractivity contribution in [3.8, 4) is 5.75 Å². The highest BCUT2D eigenvalue weighted by molar-refractivity contribution is 5.81. The molecule has 1 heterocycles. The Bertz CT molecular complexity index is 466. The molecule has 2 aromatic rings. The Morgan fingerprint density at radius 3 is 2.57 bits per heavy atom. The van der Waals surface area contributed by atoms with E-state index in [4.69, 9.17) is 0 Å². The predicted molar refractivity (Wildman–Crippen MR) is 57.7 cm³/mol. The Balaban J connectivity index is 2.63. The topological polar surface area (TPSA) is 36.4 Å². The largest absolute Gasteiger partial charge is 0.508 e. The van der Waals surface area contributed by atoms with Crippen molar-refractivity contribution in [2.24, 2.45) is 0 Å². The molecular weight excluding hydrogens is 176 g/mol. The number of hydrogen-bond donors (Lipinski definition) is 1. The Labute approximate surface area is 82.6 Å². The first-order valence-corrected chi connectivity index (χ1v) is 4.44. The van der Waals surface area contributed by atoms with Crippen LogP contribution in [0.1, 0.15) is 0 Å². The second-order valence-electron chi connectivity index (χ2n) is 3.44. The molecule has 0 bridgehead atoms. The van der Waals surface area contributed by atoms with Crippen molar-refractivity contribution in [3.63, 3.8) is 0 Å². The van der Waals surface area contributed by atoms with E-state index < -0.39 is 0 Å². The second kappa shape index (κ2) is 3.18. The van der Waals surface area contributed by atoms with Gasteiger partial charge in [0.1, 0.15) is 11.6 Å². The van der Waals surface area contributed by atoms with Crippen LogP contribution in [0.2, 0.25) is 0 Å². The molecule has 3 heteroatoms. The molecule has 0 unspecified atom stereocenters. The molecule has 0 aliphatic rings. The van der Waals surface area contributed by atoms with Crippen molar-refractivity contribution in [3.05, 3.63) is 30.3 Å². The summed E-state index contributed by atoms with van der Waals surface area (Å²) < 4.78 is 0. The Morgan fingerprint density at radius 2 is 1.86 bits per heavy atom. The fraction of sp³-hybridized carbons (Fsp3) is 0.182. The number of aromatic nitrogens is 1. The van der Waals surface area contributed by atoms with Crippen molar-refractivity contribution in [2.45, 2.75) is 0 Å². The number of anilines is 1. The minimum absolute atomic E-state index is 0.251. The molecule has 0 aliphatic carbocycles. The molecule has 0 saturated heterocycles. The van der Waals surface area contributed by atoms with Crippen LogP contribution < -0.4 is 4.90 Å². The van der Waals surface area contributed by atoms with Gasteiger partial charge in [0.05, 0.1) is 5.52 Å². The van der Waals surface area contributed by atoms with Crippen LogP contribution in [0.15, 0.2) is 30.3 Å². The van der Waals surface area contributed by atoms with Crippen LogP contribution >= 0.6 is 0 Å². The van der Waals surface area contributed by atoms with Gasteiger partial charge < -0.3 is 10.0 Å². The van der Waals surface area contributed by atoms with Gasteiger partial charge in [-0.2, -0.15) is 0 Å². The van der Waals surface area contributed by atoms with Gasteiger partial charge >= 0.3 is 0 Å². The Morgan fingerprint density at radius 1 is 1.14 bits per heavy atom. The fourth-order valence-electron chi connectivity index (χ4n) is 1.34. The molecule has 0 fully saturated rings. The SMILES string of the molecule is CN(C)c1ccc2ccc(O)cc2n1. The summed E-state index contributed by atoms with van der Waals surface area (Å²) in [5.41, 5.74) is 0.816. The lowest BCUT2D eigenvalue weighted by atomic mass is 10.2. The van der Waals surface area contributed by atoms with Crippen LogP contribution in [0.25, 0.3) is 10.9 Å². The molecule has 0 saturated carbocycles. The molecule has 0 atom stereocenters. The van der Waals surface area contributed by atoms with E-state index in [2.05, 4.69) is 4.98 Å². The maximum atomic E-state index is 9.31. The fourth-order valence-corrected chi connectivity index (χ4v) is 1.34. The molecule has 1 aromatic heterocycles. The first-order valence-electron chi connectivity index (χ1n) is 4.44. The summed E-state index contributed by atoms with van der Waals surface area (Å²) in [7, 11) is 3.88. The molecule has 2 rings (SSSR count). The molecule has 0 amide bonds. The average molecular weight is 188 g/mol. The van der Waals surface area contributed by atoms with Gasteiger partial charge in [-0.3, -0.25) is 0 Å². The lowest BCUT2D eigenvalue weighted by Crippen LogP contribution is -2.10. The zero-order valence-corrected chi connectivity index (χ0v) is 8.23. The van der Waals surface area contributed by atoms with Crippen molar-refractivity contribution in [1.82, 2.24) is 4.98 Å². The molecular formula is C11H12N2O. The number of pyridine rings is 1. The van der Waals surface area contributed by atoms with Gasteiger partial charge in [-0.15, -0.1) is 0 Å². The highest BCUT2D eigenvalue weighted by Crippen LogP contribution is 2.20. The summed E-state index contributed by atoms with van der Waals surface area (Å²) in [6, 6.07) is 9.15. The third kappa shape index (κ3) is 1.48. The third-order valence-corrected chi connectivity index (χ3v) is 2.12. The summed E-state index contributed by atoms with van der Waals surface area (Å²) in [6.07, 6.45) is 0. The maximum Gasteiger partial charge on any atom is 0.128 e. The quantitative estimate of drug-likeness (QED) is 0.743. The summed E-state index contributed by atoms with van der Waals surface area (Å²) in [5.74, 6) is 1.14. The van der Waals surface area contributed by atoms with E-state index in [9.17, 15) is 5.11 Å². The van der Waals surface area contributed by atoms with E-state index >= 15 is 0 Å².